The first-order valence-electron chi connectivity index (χ1n) is 16.9. The van der Waals surface area contributed by atoms with Crippen LogP contribution >= 0.6 is 0 Å². The van der Waals surface area contributed by atoms with Crippen molar-refractivity contribution in [3.8, 4) is 28.2 Å². The van der Waals surface area contributed by atoms with Crippen molar-refractivity contribution in [2.24, 2.45) is 0 Å². The average Bonchev–Trinajstić information content (AvgIpc) is 3.73. The van der Waals surface area contributed by atoms with Crippen molar-refractivity contribution in [3.63, 3.8) is 0 Å². The van der Waals surface area contributed by atoms with Crippen molar-refractivity contribution in [2.75, 3.05) is 0 Å². The lowest BCUT2D eigenvalue weighted by atomic mass is 9.99. The third-order valence-corrected chi connectivity index (χ3v) is 10.2. The second kappa shape index (κ2) is 10.4. The highest BCUT2D eigenvalue weighted by molar-refractivity contribution is 6.28. The van der Waals surface area contributed by atoms with Gasteiger partial charge in [0.25, 0.3) is 0 Å². The van der Waals surface area contributed by atoms with Gasteiger partial charge in [0.2, 0.25) is 0 Å². The number of aromatic nitrogens is 3. The van der Waals surface area contributed by atoms with E-state index in [-0.39, 0.29) is 0 Å². The molecule has 0 atom stereocenters. The molecule has 0 amide bonds. The molecule has 0 bridgehead atoms. The molecule has 0 saturated carbocycles. The molecule has 8 aromatic carbocycles. The van der Waals surface area contributed by atoms with E-state index in [0.717, 1.165) is 61.2 Å². The number of nitrogens with zero attached hydrogens (tertiary/aromatic N) is 3. The fraction of sp³-hybridized carbons (Fsp3) is 0. The predicted molar refractivity (Wildman–Crippen MR) is 207 cm³/mol. The number of furan rings is 1. The van der Waals surface area contributed by atoms with Crippen LogP contribution in [0.3, 0.4) is 0 Å². The lowest BCUT2D eigenvalue weighted by Crippen LogP contribution is -1.96. The van der Waals surface area contributed by atoms with Crippen LogP contribution in [0.1, 0.15) is 0 Å². The van der Waals surface area contributed by atoms with Crippen LogP contribution in [0.5, 0.6) is 0 Å². The second-order valence-corrected chi connectivity index (χ2v) is 12.9. The van der Waals surface area contributed by atoms with E-state index < -0.39 is 0 Å². The van der Waals surface area contributed by atoms with Gasteiger partial charge >= 0.3 is 0 Å². The van der Waals surface area contributed by atoms with Gasteiger partial charge in [-0.15, -0.1) is 0 Å². The molecule has 0 radical (unpaired) electrons. The van der Waals surface area contributed by atoms with E-state index in [4.69, 9.17) is 14.4 Å². The summed E-state index contributed by atoms with van der Waals surface area (Å²) in [6.45, 7) is 0. The zero-order valence-corrected chi connectivity index (χ0v) is 26.8. The van der Waals surface area contributed by atoms with E-state index >= 15 is 0 Å². The molecule has 11 rings (SSSR count). The van der Waals surface area contributed by atoms with Gasteiger partial charge in [-0.3, -0.25) is 0 Å². The smallest absolute Gasteiger partial charge is 0.137 e. The Morgan fingerprint density at radius 1 is 0.420 bits per heavy atom. The lowest BCUT2D eigenvalue weighted by Gasteiger charge is -2.12. The van der Waals surface area contributed by atoms with Gasteiger partial charge in [0.15, 0.2) is 0 Å². The summed E-state index contributed by atoms with van der Waals surface area (Å²) in [6, 6.07) is 57.6. The summed E-state index contributed by atoms with van der Waals surface area (Å²) >= 11 is 0. The summed E-state index contributed by atoms with van der Waals surface area (Å²) in [5, 5.41) is 9.60. The summed E-state index contributed by atoms with van der Waals surface area (Å²) < 4.78 is 9.08. The minimum absolute atomic E-state index is 0.822. The third kappa shape index (κ3) is 3.87. The molecular weight excluding hydrogens is 611 g/mol. The van der Waals surface area contributed by atoms with Gasteiger partial charge in [-0.25, -0.2) is 9.97 Å². The van der Waals surface area contributed by atoms with Gasteiger partial charge in [-0.2, -0.15) is 0 Å². The number of rotatable bonds is 3. The van der Waals surface area contributed by atoms with E-state index in [1.54, 1.807) is 0 Å². The quantitative estimate of drug-likeness (QED) is 0.194. The molecule has 11 aromatic rings. The van der Waals surface area contributed by atoms with Gasteiger partial charge in [0.05, 0.1) is 33.5 Å². The minimum atomic E-state index is 0.822. The van der Waals surface area contributed by atoms with E-state index in [2.05, 4.69) is 120 Å². The Balaban J connectivity index is 1.19. The van der Waals surface area contributed by atoms with Crippen molar-refractivity contribution >= 4 is 76.3 Å². The summed E-state index contributed by atoms with van der Waals surface area (Å²) in [5.41, 5.74) is 10.5. The van der Waals surface area contributed by atoms with Crippen molar-refractivity contribution in [3.05, 3.63) is 164 Å². The first kappa shape index (κ1) is 27.2. The second-order valence-electron chi connectivity index (χ2n) is 12.9. The van der Waals surface area contributed by atoms with Crippen LogP contribution in [0.4, 0.5) is 0 Å². The largest absolute Gasteiger partial charge is 0.456 e. The fourth-order valence-corrected chi connectivity index (χ4v) is 7.96. The summed E-state index contributed by atoms with van der Waals surface area (Å²) in [4.78, 5) is 10.4. The highest BCUT2D eigenvalue weighted by Crippen LogP contribution is 2.43. The molecule has 0 aliphatic carbocycles. The number of hydrogen-bond acceptors (Lipinski definition) is 3. The molecule has 3 heterocycles. The highest BCUT2D eigenvalue weighted by atomic mass is 16.3. The Bertz CT molecular complexity index is 3060. The van der Waals surface area contributed by atoms with Crippen LogP contribution in [0.15, 0.2) is 168 Å². The topological polar surface area (TPSA) is 43.9 Å². The molecule has 232 valence electrons. The lowest BCUT2D eigenvalue weighted by molar-refractivity contribution is 0.668. The van der Waals surface area contributed by atoms with Crippen molar-refractivity contribution in [1.29, 1.82) is 0 Å². The molecule has 0 saturated heterocycles. The predicted octanol–water partition coefficient (Wildman–Crippen LogP) is 12.3. The van der Waals surface area contributed by atoms with E-state index in [9.17, 15) is 0 Å². The summed E-state index contributed by atoms with van der Waals surface area (Å²) in [6.07, 6.45) is 0. The van der Waals surface area contributed by atoms with Gasteiger partial charge in [0, 0.05) is 44.4 Å². The molecule has 0 unspecified atom stereocenters. The summed E-state index contributed by atoms with van der Waals surface area (Å²) in [5.74, 6) is 0. The molecule has 4 heteroatoms. The zero-order valence-electron chi connectivity index (χ0n) is 26.8. The average molecular weight is 638 g/mol. The number of hydrogen-bond donors (Lipinski definition) is 0. The maximum Gasteiger partial charge on any atom is 0.137 e. The van der Waals surface area contributed by atoms with Crippen LogP contribution in [0.2, 0.25) is 0 Å². The van der Waals surface area contributed by atoms with Crippen LogP contribution in [0, 0.1) is 0 Å². The molecule has 0 fully saturated rings. The molecule has 0 N–H and O–H groups in total. The maximum absolute atomic E-state index is 6.69. The Kier molecular flexibility index (Phi) is 5.63. The first-order chi connectivity index (χ1) is 24.8. The molecule has 3 aromatic heterocycles. The summed E-state index contributed by atoms with van der Waals surface area (Å²) in [7, 11) is 0. The van der Waals surface area contributed by atoms with Crippen molar-refractivity contribution < 1.29 is 4.42 Å². The molecular formula is C46H27N3O. The van der Waals surface area contributed by atoms with E-state index in [0.29, 0.717) is 0 Å². The highest BCUT2D eigenvalue weighted by Gasteiger charge is 2.21. The minimum Gasteiger partial charge on any atom is -0.456 e. The maximum atomic E-state index is 6.69. The molecule has 0 aliphatic rings. The van der Waals surface area contributed by atoms with Gasteiger partial charge in [-0.1, -0.05) is 115 Å². The SMILES string of the molecule is c1ccc(-c2nc3ccccc3nc2-c2cccc3oc4cc(-n5c6ccc7ccccc7c6c6c7ccccc7ccc65)ccc4c23)cc1. The van der Waals surface area contributed by atoms with E-state index in [1.165, 1.54) is 43.4 Å². The monoisotopic (exact) mass is 637 g/mol. The number of benzene rings is 8. The van der Waals surface area contributed by atoms with Crippen molar-refractivity contribution in [2.45, 2.75) is 0 Å². The molecule has 0 spiro atoms. The van der Waals surface area contributed by atoms with Crippen LogP contribution in [-0.2, 0) is 0 Å². The molecule has 4 nitrogen and oxygen atoms in total. The van der Waals surface area contributed by atoms with Gasteiger partial charge < -0.3 is 8.98 Å². The number of para-hydroxylation sites is 2. The fourth-order valence-electron chi connectivity index (χ4n) is 7.96. The third-order valence-electron chi connectivity index (χ3n) is 10.2. The van der Waals surface area contributed by atoms with E-state index in [1.807, 2.05) is 48.5 Å². The van der Waals surface area contributed by atoms with Crippen LogP contribution < -0.4 is 0 Å². The molecule has 50 heavy (non-hydrogen) atoms. The van der Waals surface area contributed by atoms with Crippen LogP contribution in [0.25, 0.3) is 105 Å². The Hall–Kier alpha value is -6.78. The van der Waals surface area contributed by atoms with Crippen molar-refractivity contribution in [1.82, 2.24) is 14.5 Å². The normalized spacial score (nSPS) is 12.0. The number of fused-ring (bicyclic) bond motifs is 11. The van der Waals surface area contributed by atoms with Gasteiger partial charge in [0.1, 0.15) is 11.2 Å². The standard InChI is InChI=1S/C46H27N3O/c1-2-13-30(14-3-1)45-46(48-37-19-9-8-18-36(37)47-45)35-17-10-20-40-42(35)34-24-23-31(27-41(34)50-40)49-38-25-21-28-11-4-6-15-32(28)43(38)44-33-16-7-5-12-29(33)22-26-39(44)49/h1-27H. The Morgan fingerprint density at radius 2 is 1.04 bits per heavy atom. The van der Waals surface area contributed by atoms with Gasteiger partial charge in [-0.05, 0) is 64.0 Å². The molecule has 0 aliphatic heterocycles. The first-order valence-corrected chi connectivity index (χ1v) is 16.9. The van der Waals surface area contributed by atoms with Crippen LogP contribution in [-0.4, -0.2) is 14.5 Å². The Morgan fingerprint density at radius 3 is 1.74 bits per heavy atom. The zero-order chi connectivity index (χ0) is 32.8. The Labute approximate surface area is 286 Å².